The topological polar surface area (TPSA) is 39.7 Å². The molecule has 0 aliphatic rings. The van der Waals surface area contributed by atoms with Gasteiger partial charge in [0.1, 0.15) is 5.75 Å². The number of nitrogens with one attached hydrogen (secondary N) is 1. The highest BCUT2D eigenvalue weighted by atomic mass is 19.4. The Morgan fingerprint density at radius 3 is 2.25 bits per heavy atom. The predicted molar refractivity (Wildman–Crippen MR) is 70.8 cm³/mol. The Hall–Kier alpha value is -1.47. The van der Waals surface area contributed by atoms with Gasteiger partial charge in [-0.3, -0.25) is 0 Å². The molecule has 7 heteroatoms. The van der Waals surface area contributed by atoms with Gasteiger partial charge in [0.05, 0.1) is 6.54 Å². The van der Waals surface area contributed by atoms with Gasteiger partial charge in [0, 0.05) is 26.0 Å². The number of methoxy groups -OCH3 is 2. The van der Waals surface area contributed by atoms with Crippen LogP contribution in [0.2, 0.25) is 0 Å². The first-order valence-corrected chi connectivity index (χ1v) is 6.10. The van der Waals surface area contributed by atoms with Crippen LogP contribution in [-0.2, 0) is 9.47 Å². The summed E-state index contributed by atoms with van der Waals surface area (Å²) in [7, 11) is 2.94. The van der Waals surface area contributed by atoms with Gasteiger partial charge in [-0.1, -0.05) is 19.9 Å². The fraction of sp³-hybridized carbons (Fsp3) is 0.538. The number of halogens is 3. The molecule has 0 aromatic heterocycles. The maximum Gasteiger partial charge on any atom is 0.573 e. The molecule has 1 aromatic carbocycles. The van der Waals surface area contributed by atoms with Crippen LogP contribution in [-0.4, -0.2) is 33.4 Å². The zero-order valence-electron chi connectivity index (χ0n) is 12.0. The minimum absolute atomic E-state index is 0.279. The van der Waals surface area contributed by atoms with Gasteiger partial charge in [0.25, 0.3) is 0 Å². The van der Waals surface area contributed by atoms with Crippen LogP contribution in [0, 0.1) is 0 Å². The highest BCUT2D eigenvalue weighted by Crippen LogP contribution is 2.24. The van der Waals surface area contributed by atoms with Gasteiger partial charge in [-0.15, -0.1) is 13.2 Å². The van der Waals surface area contributed by atoms with E-state index >= 15 is 0 Å². The smallest absolute Gasteiger partial charge is 0.406 e. The first kappa shape index (κ1) is 18.5. The van der Waals surface area contributed by atoms with Crippen molar-refractivity contribution in [2.45, 2.75) is 26.5 Å². The number of ether oxygens (including phenoxy) is 3. The summed E-state index contributed by atoms with van der Waals surface area (Å²) in [5.41, 5.74) is 0.482. The van der Waals surface area contributed by atoms with E-state index in [4.69, 9.17) is 9.47 Å². The second kappa shape index (κ2) is 9.44. The van der Waals surface area contributed by atoms with Gasteiger partial charge in [-0.05, 0) is 12.1 Å². The molecule has 0 spiro atoms. The summed E-state index contributed by atoms with van der Waals surface area (Å²) >= 11 is 0. The molecule has 0 saturated heterocycles. The summed E-state index contributed by atoms with van der Waals surface area (Å²) < 4.78 is 49.7. The molecular weight excluding hydrogens is 275 g/mol. The number of benzene rings is 1. The van der Waals surface area contributed by atoms with Crippen molar-refractivity contribution in [2.24, 2.45) is 0 Å². The second-order valence-corrected chi connectivity index (χ2v) is 3.36. The first-order chi connectivity index (χ1) is 9.44. The third kappa shape index (κ3) is 7.85. The lowest BCUT2D eigenvalue weighted by atomic mass is 10.3. The van der Waals surface area contributed by atoms with E-state index in [1.165, 1.54) is 32.4 Å². The Balaban J connectivity index is 0.00000172. The molecule has 1 N–H and O–H groups in total. The van der Waals surface area contributed by atoms with E-state index in [0.29, 0.717) is 12.2 Å². The molecule has 1 rings (SSSR count). The Kier molecular flexibility index (Phi) is 8.74. The van der Waals surface area contributed by atoms with Gasteiger partial charge in [-0.2, -0.15) is 0 Å². The van der Waals surface area contributed by atoms with E-state index in [-0.39, 0.29) is 5.75 Å². The van der Waals surface area contributed by atoms with Gasteiger partial charge >= 0.3 is 6.36 Å². The number of hydrogen-bond donors (Lipinski definition) is 1. The Bertz CT molecular complexity index is 368. The van der Waals surface area contributed by atoms with Crippen molar-refractivity contribution in [3.63, 3.8) is 0 Å². The van der Waals surface area contributed by atoms with Crippen molar-refractivity contribution in [1.29, 1.82) is 0 Å². The average molecular weight is 295 g/mol. The van der Waals surface area contributed by atoms with Crippen molar-refractivity contribution in [2.75, 3.05) is 26.1 Å². The lowest BCUT2D eigenvalue weighted by Crippen LogP contribution is -2.23. The minimum atomic E-state index is -4.69. The van der Waals surface area contributed by atoms with E-state index in [1.807, 2.05) is 13.8 Å². The highest BCUT2D eigenvalue weighted by molar-refractivity contribution is 5.48. The molecule has 0 saturated carbocycles. The number of rotatable bonds is 6. The molecular formula is C13H20F3NO3. The maximum absolute atomic E-state index is 12.0. The molecule has 0 aliphatic heterocycles. The molecule has 0 aliphatic carbocycles. The van der Waals surface area contributed by atoms with Gasteiger partial charge < -0.3 is 19.5 Å². The fourth-order valence-electron chi connectivity index (χ4n) is 1.27. The van der Waals surface area contributed by atoms with Crippen molar-refractivity contribution >= 4 is 5.69 Å². The van der Waals surface area contributed by atoms with Gasteiger partial charge in [0.2, 0.25) is 0 Å². The first-order valence-electron chi connectivity index (χ1n) is 6.10. The van der Waals surface area contributed by atoms with Gasteiger partial charge in [-0.25, -0.2) is 0 Å². The fourth-order valence-corrected chi connectivity index (χ4v) is 1.27. The SMILES string of the molecule is CC.COC(CNc1cccc(OC(F)(F)F)c1)OC. The Morgan fingerprint density at radius 1 is 1.15 bits per heavy atom. The molecule has 0 bridgehead atoms. The van der Waals surface area contributed by atoms with Crippen LogP contribution in [0.5, 0.6) is 5.75 Å². The normalized spacial score (nSPS) is 10.8. The summed E-state index contributed by atoms with van der Waals surface area (Å²) in [4.78, 5) is 0. The van der Waals surface area contributed by atoms with Crippen LogP contribution >= 0.6 is 0 Å². The molecule has 0 radical (unpaired) electrons. The zero-order valence-corrected chi connectivity index (χ0v) is 12.0. The number of anilines is 1. The van der Waals surface area contributed by atoms with Crippen molar-refractivity contribution < 1.29 is 27.4 Å². The Morgan fingerprint density at radius 2 is 1.75 bits per heavy atom. The molecule has 4 nitrogen and oxygen atoms in total. The highest BCUT2D eigenvalue weighted by Gasteiger charge is 2.31. The van der Waals surface area contributed by atoms with Crippen molar-refractivity contribution in [3.8, 4) is 5.75 Å². The lowest BCUT2D eigenvalue weighted by molar-refractivity contribution is -0.274. The van der Waals surface area contributed by atoms with Crippen molar-refractivity contribution in [1.82, 2.24) is 0 Å². The molecule has 0 atom stereocenters. The molecule has 116 valence electrons. The van der Waals surface area contributed by atoms with E-state index < -0.39 is 12.7 Å². The summed E-state index contributed by atoms with van der Waals surface area (Å²) in [5, 5.41) is 2.88. The lowest BCUT2D eigenvalue weighted by Gasteiger charge is -2.15. The van der Waals surface area contributed by atoms with E-state index in [0.717, 1.165) is 0 Å². The minimum Gasteiger partial charge on any atom is -0.406 e. The molecule has 20 heavy (non-hydrogen) atoms. The molecule has 0 heterocycles. The Labute approximate surface area is 116 Å². The predicted octanol–water partition coefficient (Wildman–Crippen LogP) is 3.64. The van der Waals surface area contributed by atoms with Crippen molar-refractivity contribution in [3.05, 3.63) is 24.3 Å². The molecule has 0 unspecified atom stereocenters. The van der Waals surface area contributed by atoms with Crippen LogP contribution < -0.4 is 10.1 Å². The largest absolute Gasteiger partial charge is 0.573 e. The summed E-state index contributed by atoms with van der Waals surface area (Å²) in [6, 6.07) is 5.54. The van der Waals surface area contributed by atoms with Crippen LogP contribution in [0.15, 0.2) is 24.3 Å². The molecule has 1 aromatic rings. The monoisotopic (exact) mass is 295 g/mol. The van der Waals surface area contributed by atoms with Crippen LogP contribution in [0.3, 0.4) is 0 Å². The molecule has 0 amide bonds. The summed E-state index contributed by atoms with van der Waals surface area (Å²) in [6.45, 7) is 4.31. The van der Waals surface area contributed by atoms with E-state index in [1.54, 1.807) is 6.07 Å². The van der Waals surface area contributed by atoms with Crippen LogP contribution in [0.25, 0.3) is 0 Å². The summed E-state index contributed by atoms with van der Waals surface area (Å²) in [5.74, 6) is -0.279. The standard InChI is InChI=1S/C11H14F3NO3.C2H6/c1-16-10(17-2)7-15-8-4-3-5-9(6-8)18-11(12,13)14;1-2/h3-6,10,15H,7H2,1-2H3;1-2H3. The third-order valence-electron chi connectivity index (χ3n) is 2.07. The van der Waals surface area contributed by atoms with Gasteiger partial charge in [0.15, 0.2) is 6.29 Å². The van der Waals surface area contributed by atoms with Crippen LogP contribution in [0.1, 0.15) is 13.8 Å². The number of hydrogen-bond acceptors (Lipinski definition) is 4. The summed E-state index contributed by atoms with van der Waals surface area (Å²) in [6.07, 6.45) is -5.17. The number of alkyl halides is 3. The average Bonchev–Trinajstić information content (AvgIpc) is 2.41. The second-order valence-electron chi connectivity index (χ2n) is 3.36. The third-order valence-corrected chi connectivity index (χ3v) is 2.07. The van der Waals surface area contributed by atoms with E-state index in [2.05, 4.69) is 10.1 Å². The van der Waals surface area contributed by atoms with E-state index in [9.17, 15) is 13.2 Å². The maximum atomic E-state index is 12.0. The molecule has 0 fully saturated rings. The quantitative estimate of drug-likeness (QED) is 0.813. The van der Waals surface area contributed by atoms with Crippen LogP contribution in [0.4, 0.5) is 18.9 Å². The zero-order chi connectivity index (χ0) is 15.6.